The van der Waals surface area contributed by atoms with Gasteiger partial charge in [-0.1, -0.05) is 18.2 Å². The van der Waals surface area contributed by atoms with E-state index in [0.717, 1.165) is 0 Å². The molecule has 28 heavy (non-hydrogen) atoms. The highest BCUT2D eigenvalue weighted by Crippen LogP contribution is 2.17. The highest BCUT2D eigenvalue weighted by molar-refractivity contribution is 7.92. The van der Waals surface area contributed by atoms with Crippen LogP contribution in [0.5, 0.6) is 0 Å². The Morgan fingerprint density at radius 1 is 1.00 bits per heavy atom. The zero-order valence-electron chi connectivity index (χ0n) is 16.3. The first-order valence-electron chi connectivity index (χ1n) is 8.63. The molecule has 0 saturated carbocycles. The summed E-state index contributed by atoms with van der Waals surface area (Å²) in [7, 11) is -2.28. The van der Waals surface area contributed by atoms with Crippen LogP contribution in [0.15, 0.2) is 59.5 Å². The molecule has 2 aromatic carbocycles. The first-order valence-corrected chi connectivity index (χ1v) is 10.1. The van der Waals surface area contributed by atoms with Gasteiger partial charge in [-0.25, -0.2) is 8.42 Å². The highest BCUT2D eigenvalue weighted by Gasteiger charge is 2.21. The lowest BCUT2D eigenvalue weighted by Crippen LogP contribution is -2.36. The number of sulfonamides is 1. The second-order valence-electron chi connectivity index (χ2n) is 7.24. The van der Waals surface area contributed by atoms with E-state index < -0.39 is 27.5 Å². The Hall–Kier alpha value is -2.87. The van der Waals surface area contributed by atoms with E-state index in [1.54, 1.807) is 51.1 Å². The predicted octanol–water partition coefficient (Wildman–Crippen LogP) is 2.90. The standard InChI is InChI=1S/C20H24N2O5S/c1-20(2,3)27-18(23)14-22(4)19(24)15-10-12-17(13-11-15)28(25,26)21-16-8-6-5-7-9-16/h5-13,21H,14H2,1-4H3. The van der Waals surface area contributed by atoms with E-state index >= 15 is 0 Å². The third-order valence-electron chi connectivity index (χ3n) is 3.57. The lowest BCUT2D eigenvalue weighted by Gasteiger charge is -2.22. The normalized spacial score (nSPS) is 11.6. The van der Waals surface area contributed by atoms with Gasteiger partial charge in [0.15, 0.2) is 0 Å². The molecule has 0 aliphatic rings. The average molecular weight is 404 g/mol. The minimum absolute atomic E-state index is 0.0303. The number of para-hydroxylation sites is 1. The van der Waals surface area contributed by atoms with Gasteiger partial charge in [0.05, 0.1) is 4.90 Å². The van der Waals surface area contributed by atoms with Gasteiger partial charge in [0.2, 0.25) is 0 Å². The molecular weight excluding hydrogens is 380 g/mol. The maximum atomic E-state index is 12.5. The number of benzene rings is 2. The number of esters is 1. The Morgan fingerprint density at radius 3 is 2.11 bits per heavy atom. The van der Waals surface area contributed by atoms with Gasteiger partial charge in [-0.15, -0.1) is 0 Å². The zero-order valence-corrected chi connectivity index (χ0v) is 17.1. The summed E-state index contributed by atoms with van der Waals surface area (Å²) in [4.78, 5) is 25.6. The van der Waals surface area contributed by atoms with E-state index in [1.807, 2.05) is 0 Å². The molecule has 1 N–H and O–H groups in total. The van der Waals surface area contributed by atoms with Crippen molar-refractivity contribution in [3.8, 4) is 0 Å². The van der Waals surface area contributed by atoms with Crippen LogP contribution < -0.4 is 4.72 Å². The second kappa shape index (κ2) is 8.43. The molecule has 0 atom stereocenters. The number of nitrogens with one attached hydrogen (secondary N) is 1. The van der Waals surface area contributed by atoms with Crippen molar-refractivity contribution in [1.29, 1.82) is 0 Å². The van der Waals surface area contributed by atoms with Crippen molar-refractivity contribution < 1.29 is 22.7 Å². The Morgan fingerprint density at radius 2 is 1.57 bits per heavy atom. The zero-order chi connectivity index (χ0) is 20.9. The highest BCUT2D eigenvalue weighted by atomic mass is 32.2. The minimum atomic E-state index is -3.76. The third kappa shape index (κ3) is 6.09. The first-order chi connectivity index (χ1) is 13.0. The molecule has 0 radical (unpaired) electrons. The number of rotatable bonds is 6. The first kappa shape index (κ1) is 21.4. The maximum Gasteiger partial charge on any atom is 0.326 e. The molecule has 0 fully saturated rings. The van der Waals surface area contributed by atoms with Gasteiger partial charge in [0.1, 0.15) is 12.1 Å². The van der Waals surface area contributed by atoms with Crippen LogP contribution in [0, 0.1) is 0 Å². The number of likely N-dealkylation sites (N-methyl/N-ethyl adjacent to an activating group) is 1. The molecule has 8 heteroatoms. The number of ether oxygens (including phenoxy) is 1. The summed E-state index contributed by atoms with van der Waals surface area (Å²) >= 11 is 0. The summed E-state index contributed by atoms with van der Waals surface area (Å²) in [6.07, 6.45) is 0. The fraction of sp³-hybridized carbons (Fsp3) is 0.300. The number of anilines is 1. The van der Waals surface area contributed by atoms with Crippen molar-refractivity contribution in [1.82, 2.24) is 4.90 Å². The van der Waals surface area contributed by atoms with Gasteiger partial charge >= 0.3 is 5.97 Å². The lowest BCUT2D eigenvalue weighted by molar-refractivity contribution is -0.155. The van der Waals surface area contributed by atoms with Gasteiger partial charge in [-0.05, 0) is 57.2 Å². The molecule has 0 spiro atoms. The summed E-state index contributed by atoms with van der Waals surface area (Å²) in [5.74, 6) is -0.930. The van der Waals surface area contributed by atoms with Crippen molar-refractivity contribution in [2.24, 2.45) is 0 Å². The summed E-state index contributed by atoms with van der Waals surface area (Å²) < 4.78 is 32.5. The average Bonchev–Trinajstić information content (AvgIpc) is 2.60. The van der Waals surface area contributed by atoms with Crippen LogP contribution in [0.25, 0.3) is 0 Å². The summed E-state index contributed by atoms with van der Waals surface area (Å²) in [6, 6.07) is 14.0. The smallest absolute Gasteiger partial charge is 0.326 e. The molecule has 2 rings (SSSR count). The Bertz CT molecular complexity index is 933. The number of hydrogen-bond acceptors (Lipinski definition) is 5. The van der Waals surface area contributed by atoms with E-state index in [9.17, 15) is 18.0 Å². The van der Waals surface area contributed by atoms with E-state index in [2.05, 4.69) is 4.72 Å². The molecule has 1 amide bonds. The van der Waals surface area contributed by atoms with E-state index in [4.69, 9.17) is 4.74 Å². The Kier molecular flexibility index (Phi) is 6.45. The van der Waals surface area contributed by atoms with Gasteiger partial charge in [0.25, 0.3) is 15.9 Å². The van der Waals surface area contributed by atoms with Crippen molar-refractivity contribution >= 4 is 27.6 Å². The molecule has 0 heterocycles. The molecule has 0 aliphatic heterocycles. The molecule has 0 unspecified atom stereocenters. The Labute approximate surface area is 165 Å². The molecule has 150 valence electrons. The van der Waals surface area contributed by atoms with Gasteiger partial charge in [-0.3, -0.25) is 14.3 Å². The molecule has 0 bridgehead atoms. The third-order valence-corrected chi connectivity index (χ3v) is 4.97. The number of amides is 1. The predicted molar refractivity (Wildman–Crippen MR) is 106 cm³/mol. The van der Waals surface area contributed by atoms with Crippen LogP contribution in [-0.4, -0.2) is 44.4 Å². The van der Waals surface area contributed by atoms with Crippen molar-refractivity contribution in [2.45, 2.75) is 31.3 Å². The molecular formula is C20H24N2O5S. The van der Waals surface area contributed by atoms with Gasteiger partial charge in [0, 0.05) is 18.3 Å². The topological polar surface area (TPSA) is 92.8 Å². The molecule has 7 nitrogen and oxygen atoms in total. The fourth-order valence-electron chi connectivity index (χ4n) is 2.36. The van der Waals surface area contributed by atoms with Crippen LogP contribution in [0.4, 0.5) is 5.69 Å². The van der Waals surface area contributed by atoms with E-state index in [-0.39, 0.29) is 17.0 Å². The molecule has 2 aromatic rings. The number of carbonyl (C=O) groups excluding carboxylic acids is 2. The Balaban J connectivity index is 2.06. The largest absolute Gasteiger partial charge is 0.459 e. The molecule has 0 aliphatic carbocycles. The summed E-state index contributed by atoms with van der Waals surface area (Å²) in [6.45, 7) is 5.03. The van der Waals surface area contributed by atoms with Crippen LogP contribution in [0.3, 0.4) is 0 Å². The van der Waals surface area contributed by atoms with Crippen molar-refractivity contribution in [3.63, 3.8) is 0 Å². The quantitative estimate of drug-likeness (QED) is 0.748. The summed E-state index contributed by atoms with van der Waals surface area (Å²) in [5, 5.41) is 0. The van der Waals surface area contributed by atoms with Gasteiger partial charge < -0.3 is 9.64 Å². The van der Waals surface area contributed by atoms with E-state index in [0.29, 0.717) is 5.69 Å². The monoisotopic (exact) mass is 404 g/mol. The van der Waals surface area contributed by atoms with Crippen LogP contribution in [-0.2, 0) is 19.6 Å². The minimum Gasteiger partial charge on any atom is -0.459 e. The van der Waals surface area contributed by atoms with Crippen molar-refractivity contribution in [3.05, 3.63) is 60.2 Å². The number of nitrogens with zero attached hydrogens (tertiary/aromatic N) is 1. The van der Waals surface area contributed by atoms with Gasteiger partial charge in [-0.2, -0.15) is 0 Å². The summed E-state index contributed by atoms with van der Waals surface area (Å²) in [5.41, 5.74) is 0.0763. The number of carbonyl (C=O) groups is 2. The lowest BCUT2D eigenvalue weighted by atomic mass is 10.2. The molecule has 0 saturated heterocycles. The second-order valence-corrected chi connectivity index (χ2v) is 8.93. The van der Waals surface area contributed by atoms with Crippen molar-refractivity contribution in [2.75, 3.05) is 18.3 Å². The molecule has 0 aromatic heterocycles. The van der Waals surface area contributed by atoms with Crippen LogP contribution in [0.2, 0.25) is 0 Å². The maximum absolute atomic E-state index is 12.5. The van der Waals surface area contributed by atoms with E-state index in [1.165, 1.54) is 36.2 Å². The fourth-order valence-corrected chi connectivity index (χ4v) is 3.42. The SMILES string of the molecule is CN(CC(=O)OC(C)(C)C)C(=O)c1ccc(S(=O)(=O)Nc2ccccc2)cc1. The van der Waals surface area contributed by atoms with Crippen LogP contribution >= 0.6 is 0 Å². The number of hydrogen-bond donors (Lipinski definition) is 1. The van der Waals surface area contributed by atoms with Crippen LogP contribution in [0.1, 0.15) is 31.1 Å².